The highest BCUT2D eigenvalue weighted by atomic mass is 19.4. The topological polar surface area (TPSA) is 12.9 Å². The second-order valence-corrected chi connectivity index (χ2v) is 2.80. The molecule has 0 aliphatic heterocycles. The summed E-state index contributed by atoms with van der Waals surface area (Å²) in [6.07, 6.45) is -4.50. The van der Waals surface area contributed by atoms with Gasteiger partial charge in [0.25, 0.3) is 0 Å². The molecule has 0 spiro atoms. The van der Waals surface area contributed by atoms with Gasteiger partial charge in [-0.1, -0.05) is 24.2 Å². The van der Waals surface area contributed by atoms with Crippen molar-refractivity contribution in [2.75, 3.05) is 0 Å². The van der Waals surface area contributed by atoms with E-state index in [2.05, 4.69) is 4.98 Å². The maximum absolute atomic E-state index is 12.3. The molecule has 14 heavy (non-hydrogen) atoms. The molecular weight excluding hydrogens is 191 g/mol. The van der Waals surface area contributed by atoms with Crippen molar-refractivity contribution in [2.24, 2.45) is 0 Å². The van der Waals surface area contributed by atoms with Crippen molar-refractivity contribution >= 4 is 10.9 Å². The number of nitrogens with zero attached hydrogens (tertiary/aromatic N) is 1. The summed E-state index contributed by atoms with van der Waals surface area (Å²) in [6.45, 7) is 0. The molecule has 0 radical (unpaired) electrons. The minimum atomic E-state index is -4.50. The molecule has 0 fully saturated rings. The summed E-state index contributed by atoms with van der Waals surface area (Å²) >= 11 is 0. The summed E-state index contributed by atoms with van der Waals surface area (Å²) in [7, 11) is 0. The molecule has 1 nitrogen and oxygen atoms in total. The molecule has 0 aliphatic rings. The van der Waals surface area contributed by atoms with Crippen LogP contribution in [0.15, 0.2) is 36.4 Å². The van der Waals surface area contributed by atoms with Crippen LogP contribution in [-0.4, -0.2) is 4.98 Å². The molecule has 4 heteroatoms. The smallest absolute Gasteiger partial charge is 0.243 e. The zero-order valence-corrected chi connectivity index (χ0v) is 6.97. The molecule has 0 unspecified atom stereocenters. The average Bonchev–Trinajstić information content (AvgIpc) is 2.16. The van der Waals surface area contributed by atoms with Crippen LogP contribution in [0.3, 0.4) is 0 Å². The molecule has 1 aromatic carbocycles. The first-order valence-electron chi connectivity index (χ1n) is 4.42. The summed E-state index contributed by atoms with van der Waals surface area (Å²) in [5.74, 6) is 0. The van der Waals surface area contributed by atoms with E-state index in [9.17, 15) is 13.2 Å². The number of hydrogen-bond acceptors (Lipinski definition) is 1. The standard InChI is InChI=1S/C10H6F3N/c11-10(12,13)9-6-5-7-3-1-2-4-8(7)14-9/h1-6H/i5D. The number of rotatable bonds is 0. The predicted molar refractivity (Wildman–Crippen MR) is 46.7 cm³/mol. The number of pyridine rings is 1. The molecule has 72 valence electrons. The summed E-state index contributed by atoms with van der Waals surface area (Å²) < 4.78 is 44.5. The van der Waals surface area contributed by atoms with Crippen LogP contribution in [0, 0.1) is 0 Å². The zero-order chi connectivity index (χ0) is 11.1. The van der Waals surface area contributed by atoms with E-state index in [1.165, 1.54) is 6.07 Å². The van der Waals surface area contributed by atoms with Crippen LogP contribution in [0.4, 0.5) is 13.2 Å². The first-order chi connectivity index (χ1) is 6.98. The average molecular weight is 198 g/mol. The number of para-hydroxylation sites is 1. The predicted octanol–water partition coefficient (Wildman–Crippen LogP) is 3.25. The maximum Gasteiger partial charge on any atom is 0.433 e. The number of halogens is 3. The Morgan fingerprint density at radius 1 is 1.14 bits per heavy atom. The quantitative estimate of drug-likeness (QED) is 0.633. The van der Waals surface area contributed by atoms with E-state index in [0.717, 1.165) is 6.07 Å². The van der Waals surface area contributed by atoms with E-state index < -0.39 is 11.9 Å². The molecule has 1 heterocycles. The maximum atomic E-state index is 12.3. The first kappa shape index (κ1) is 7.79. The molecular formula is C10H6F3N. The zero-order valence-electron chi connectivity index (χ0n) is 7.97. The Hall–Kier alpha value is -1.58. The fourth-order valence-corrected chi connectivity index (χ4v) is 1.15. The Morgan fingerprint density at radius 2 is 1.86 bits per heavy atom. The van der Waals surface area contributed by atoms with Crippen molar-refractivity contribution in [1.29, 1.82) is 0 Å². The van der Waals surface area contributed by atoms with Crippen LogP contribution in [-0.2, 0) is 6.18 Å². The first-order valence-corrected chi connectivity index (χ1v) is 3.92. The lowest BCUT2D eigenvalue weighted by atomic mass is 10.2. The second kappa shape index (κ2) is 2.97. The number of fused-ring (bicyclic) bond motifs is 1. The molecule has 0 saturated carbocycles. The van der Waals surface area contributed by atoms with Crippen molar-refractivity contribution in [1.82, 2.24) is 4.98 Å². The van der Waals surface area contributed by atoms with E-state index in [-0.39, 0.29) is 11.6 Å². The fraction of sp³-hybridized carbons (Fsp3) is 0.100. The molecule has 2 aromatic rings. The van der Waals surface area contributed by atoms with Gasteiger partial charge < -0.3 is 0 Å². The fourth-order valence-electron chi connectivity index (χ4n) is 1.15. The lowest BCUT2D eigenvalue weighted by Crippen LogP contribution is -2.07. The molecule has 0 amide bonds. The van der Waals surface area contributed by atoms with Crippen LogP contribution in [0.1, 0.15) is 7.06 Å². The molecule has 1 aromatic heterocycles. The van der Waals surface area contributed by atoms with Gasteiger partial charge >= 0.3 is 6.18 Å². The molecule has 0 saturated heterocycles. The third kappa shape index (κ3) is 1.55. The van der Waals surface area contributed by atoms with Crippen molar-refractivity contribution in [3.05, 3.63) is 42.1 Å². The van der Waals surface area contributed by atoms with Gasteiger partial charge in [-0.25, -0.2) is 4.98 Å². The van der Waals surface area contributed by atoms with E-state index >= 15 is 0 Å². The lowest BCUT2D eigenvalue weighted by molar-refractivity contribution is -0.140. The Morgan fingerprint density at radius 3 is 2.57 bits per heavy atom. The number of hydrogen-bond donors (Lipinski definition) is 0. The number of benzene rings is 1. The van der Waals surface area contributed by atoms with Gasteiger partial charge in [0.1, 0.15) is 5.69 Å². The minimum Gasteiger partial charge on any atom is -0.243 e. The highest BCUT2D eigenvalue weighted by Crippen LogP contribution is 2.28. The largest absolute Gasteiger partial charge is 0.433 e. The highest BCUT2D eigenvalue weighted by Gasteiger charge is 2.32. The van der Waals surface area contributed by atoms with Crippen LogP contribution in [0.2, 0.25) is 0 Å². The van der Waals surface area contributed by atoms with Gasteiger partial charge in [0, 0.05) is 5.39 Å². The Kier molecular flexibility index (Phi) is 1.65. The lowest BCUT2D eigenvalue weighted by Gasteiger charge is -2.05. The monoisotopic (exact) mass is 198 g/mol. The number of aromatic nitrogens is 1. The van der Waals surface area contributed by atoms with E-state index in [1.807, 2.05) is 0 Å². The highest BCUT2D eigenvalue weighted by molar-refractivity contribution is 5.78. The van der Waals surface area contributed by atoms with Crippen LogP contribution >= 0.6 is 0 Å². The molecule has 0 N–H and O–H groups in total. The van der Waals surface area contributed by atoms with Crippen molar-refractivity contribution in [3.8, 4) is 0 Å². The van der Waals surface area contributed by atoms with Gasteiger partial charge in [0.05, 0.1) is 6.89 Å². The Bertz CT molecular complexity index is 507. The third-order valence-corrected chi connectivity index (χ3v) is 1.80. The summed E-state index contributed by atoms with van der Waals surface area (Å²) in [5.41, 5.74) is -0.830. The van der Waals surface area contributed by atoms with E-state index in [1.54, 1.807) is 18.2 Å². The van der Waals surface area contributed by atoms with Gasteiger partial charge in [-0.2, -0.15) is 13.2 Å². The summed E-state index contributed by atoms with van der Waals surface area (Å²) in [4.78, 5) is 3.46. The van der Waals surface area contributed by atoms with Crippen LogP contribution < -0.4 is 0 Å². The third-order valence-electron chi connectivity index (χ3n) is 1.80. The van der Waals surface area contributed by atoms with Crippen molar-refractivity contribution < 1.29 is 14.5 Å². The molecule has 0 atom stereocenters. The van der Waals surface area contributed by atoms with Gasteiger partial charge in [-0.05, 0) is 12.1 Å². The van der Waals surface area contributed by atoms with Gasteiger partial charge in [-0.3, -0.25) is 0 Å². The summed E-state index contributed by atoms with van der Waals surface area (Å²) in [5, 5.41) is 0.422. The van der Waals surface area contributed by atoms with E-state index in [4.69, 9.17) is 1.37 Å². The summed E-state index contributed by atoms with van der Waals surface area (Å²) in [6, 6.07) is 6.87. The van der Waals surface area contributed by atoms with Crippen molar-refractivity contribution in [2.45, 2.75) is 6.18 Å². The van der Waals surface area contributed by atoms with Crippen LogP contribution in [0.25, 0.3) is 10.9 Å². The van der Waals surface area contributed by atoms with Crippen molar-refractivity contribution in [3.63, 3.8) is 0 Å². The Balaban J connectivity index is 2.73. The number of alkyl halides is 3. The van der Waals surface area contributed by atoms with Gasteiger partial charge in [0.2, 0.25) is 0 Å². The second-order valence-electron chi connectivity index (χ2n) is 2.80. The SMILES string of the molecule is [2H]c1cc(C(F)(F)F)nc2ccccc12. The molecule has 2 rings (SSSR count). The normalized spacial score (nSPS) is 12.9. The molecule has 0 bridgehead atoms. The van der Waals surface area contributed by atoms with Gasteiger partial charge in [0.15, 0.2) is 0 Å². The van der Waals surface area contributed by atoms with Crippen LogP contribution in [0.5, 0.6) is 0 Å². The Labute approximate surface area is 79.6 Å². The minimum absolute atomic E-state index is 0.159. The van der Waals surface area contributed by atoms with Gasteiger partial charge in [-0.15, -0.1) is 0 Å². The molecule has 0 aliphatic carbocycles. The van der Waals surface area contributed by atoms with E-state index in [0.29, 0.717) is 5.39 Å².